The number of hydrogen-bond donors (Lipinski definition) is 1. The van der Waals surface area contributed by atoms with Gasteiger partial charge in [0.25, 0.3) is 5.91 Å². The molecule has 0 radical (unpaired) electrons. The maximum atomic E-state index is 11.4. The van der Waals surface area contributed by atoms with E-state index >= 15 is 0 Å². The lowest BCUT2D eigenvalue weighted by Crippen LogP contribution is -2.55. The molecule has 0 aromatic carbocycles. The fraction of sp³-hybridized carbons (Fsp3) is 0.889. The van der Waals surface area contributed by atoms with Crippen molar-refractivity contribution in [2.24, 2.45) is 5.92 Å². The Kier molecular flexibility index (Phi) is 2.45. The van der Waals surface area contributed by atoms with Crippen LogP contribution in [0.25, 0.3) is 0 Å². The molecule has 2 rings (SSSR count). The molecule has 2 nitrogen and oxygen atoms in total. The second kappa shape index (κ2) is 3.32. The Hall–Kier alpha value is 0.0500. The normalized spacial score (nSPS) is 37.8. The van der Waals surface area contributed by atoms with E-state index in [1.807, 2.05) is 0 Å². The van der Waals surface area contributed by atoms with Gasteiger partial charge in [0.15, 0.2) is 4.33 Å². The van der Waals surface area contributed by atoms with E-state index in [2.05, 4.69) is 5.32 Å². The van der Waals surface area contributed by atoms with Gasteiger partial charge < -0.3 is 5.32 Å². The summed E-state index contributed by atoms with van der Waals surface area (Å²) in [5.41, 5.74) is 0. The third-order valence-electron chi connectivity index (χ3n) is 3.08. The first-order valence-corrected chi connectivity index (χ1v) is 5.54. The van der Waals surface area contributed by atoms with Crippen LogP contribution < -0.4 is 5.32 Å². The Balaban J connectivity index is 2.10. The molecular weight excluding hydrogens is 209 g/mol. The average Bonchev–Trinajstić information content (AvgIpc) is 2.06. The van der Waals surface area contributed by atoms with Crippen LogP contribution in [0, 0.1) is 5.92 Å². The zero-order valence-corrected chi connectivity index (χ0v) is 8.87. The van der Waals surface area contributed by atoms with Gasteiger partial charge in [0, 0.05) is 6.04 Å². The Morgan fingerprint density at radius 2 is 2.00 bits per heavy atom. The number of rotatable bonds is 0. The number of amides is 1. The first-order valence-electron chi connectivity index (χ1n) is 4.78. The van der Waals surface area contributed by atoms with Crippen LogP contribution in [0.5, 0.6) is 0 Å². The van der Waals surface area contributed by atoms with E-state index in [9.17, 15) is 4.79 Å². The zero-order chi connectivity index (χ0) is 9.47. The van der Waals surface area contributed by atoms with Crippen molar-refractivity contribution in [2.75, 3.05) is 0 Å². The summed E-state index contributed by atoms with van der Waals surface area (Å²) in [6, 6.07) is 0.326. The van der Waals surface area contributed by atoms with Gasteiger partial charge in [0.2, 0.25) is 0 Å². The Bertz CT molecular complexity index is 230. The van der Waals surface area contributed by atoms with Crippen LogP contribution in [0.3, 0.4) is 0 Å². The standard InChI is InChI=1S/C9H13Cl2NO/c10-9(11)5-6-3-1-2-4-7(6)12-8(9)13/h6-7H,1-5H2,(H,12,13)/t6-,7+/m1/s1. The molecule has 4 heteroatoms. The molecule has 1 amide bonds. The Labute approximate surface area is 88.0 Å². The summed E-state index contributed by atoms with van der Waals surface area (Å²) in [4.78, 5) is 11.4. The van der Waals surface area contributed by atoms with E-state index in [1.165, 1.54) is 12.8 Å². The summed E-state index contributed by atoms with van der Waals surface area (Å²) in [5, 5.41) is 2.91. The molecule has 1 aliphatic carbocycles. The van der Waals surface area contributed by atoms with Crippen molar-refractivity contribution in [2.45, 2.75) is 42.5 Å². The summed E-state index contributed by atoms with van der Waals surface area (Å²) in [6.07, 6.45) is 5.29. The molecule has 0 spiro atoms. The maximum absolute atomic E-state index is 11.4. The summed E-state index contributed by atoms with van der Waals surface area (Å²) < 4.78 is -1.18. The molecule has 0 aromatic heterocycles. The van der Waals surface area contributed by atoms with Crippen molar-refractivity contribution >= 4 is 29.1 Å². The number of hydrogen-bond acceptors (Lipinski definition) is 1. The molecular formula is C9H13Cl2NO. The molecule has 2 fully saturated rings. The van der Waals surface area contributed by atoms with Gasteiger partial charge in [-0.15, -0.1) is 0 Å². The fourth-order valence-corrected chi connectivity index (χ4v) is 2.84. The molecule has 74 valence electrons. The number of nitrogens with one attached hydrogen (secondary N) is 1. The third-order valence-corrected chi connectivity index (χ3v) is 3.73. The molecule has 1 heterocycles. The van der Waals surface area contributed by atoms with Crippen LogP contribution in [-0.4, -0.2) is 16.3 Å². The number of carbonyl (C=O) groups is 1. The predicted octanol–water partition coefficient (Wildman–Crippen LogP) is 2.24. The largest absolute Gasteiger partial charge is 0.350 e. The monoisotopic (exact) mass is 221 g/mol. The molecule has 2 atom stereocenters. The Morgan fingerprint density at radius 3 is 2.77 bits per heavy atom. The van der Waals surface area contributed by atoms with E-state index in [4.69, 9.17) is 23.2 Å². The molecule has 0 bridgehead atoms. The van der Waals surface area contributed by atoms with Crippen LogP contribution in [0.2, 0.25) is 0 Å². The quantitative estimate of drug-likeness (QED) is 0.625. The van der Waals surface area contributed by atoms with Gasteiger partial charge in [-0.2, -0.15) is 0 Å². The highest BCUT2D eigenvalue weighted by atomic mass is 35.5. The minimum atomic E-state index is -1.18. The average molecular weight is 222 g/mol. The number of piperidine rings is 1. The first-order chi connectivity index (χ1) is 6.09. The fourth-order valence-electron chi connectivity index (χ4n) is 2.34. The summed E-state index contributed by atoms with van der Waals surface area (Å²) in [6.45, 7) is 0. The second-order valence-corrected chi connectivity index (χ2v) is 5.52. The molecule has 1 aliphatic heterocycles. The van der Waals surface area contributed by atoms with Crippen LogP contribution in [0.4, 0.5) is 0 Å². The summed E-state index contributed by atoms with van der Waals surface area (Å²) in [7, 11) is 0. The van der Waals surface area contributed by atoms with Crippen molar-refractivity contribution < 1.29 is 4.79 Å². The predicted molar refractivity (Wildman–Crippen MR) is 52.9 cm³/mol. The molecule has 0 aromatic rings. The van der Waals surface area contributed by atoms with Crippen LogP contribution in [-0.2, 0) is 4.79 Å². The topological polar surface area (TPSA) is 29.1 Å². The van der Waals surface area contributed by atoms with Gasteiger partial charge in [0.1, 0.15) is 0 Å². The molecule has 1 N–H and O–H groups in total. The molecule has 1 saturated heterocycles. The molecule has 13 heavy (non-hydrogen) atoms. The van der Waals surface area contributed by atoms with Crippen LogP contribution in [0.15, 0.2) is 0 Å². The number of fused-ring (bicyclic) bond motifs is 1. The van der Waals surface area contributed by atoms with Crippen molar-refractivity contribution in [3.8, 4) is 0 Å². The summed E-state index contributed by atoms with van der Waals surface area (Å²) in [5.74, 6) is 0.278. The van der Waals surface area contributed by atoms with Crippen LogP contribution >= 0.6 is 23.2 Å². The maximum Gasteiger partial charge on any atom is 0.256 e. The summed E-state index contributed by atoms with van der Waals surface area (Å²) >= 11 is 11.8. The lowest BCUT2D eigenvalue weighted by Gasteiger charge is -2.40. The lowest BCUT2D eigenvalue weighted by molar-refractivity contribution is -0.125. The number of halogens is 2. The highest BCUT2D eigenvalue weighted by Gasteiger charge is 2.45. The SMILES string of the molecule is O=C1N[C@H]2CCCC[C@@H]2CC1(Cl)Cl. The second-order valence-electron chi connectivity index (χ2n) is 4.03. The van der Waals surface area contributed by atoms with E-state index < -0.39 is 4.33 Å². The van der Waals surface area contributed by atoms with Crippen molar-refractivity contribution in [3.05, 3.63) is 0 Å². The Morgan fingerprint density at radius 1 is 1.31 bits per heavy atom. The molecule has 0 unspecified atom stereocenters. The van der Waals surface area contributed by atoms with Gasteiger partial charge in [-0.1, -0.05) is 36.0 Å². The smallest absolute Gasteiger partial charge is 0.256 e. The van der Waals surface area contributed by atoms with E-state index in [1.54, 1.807) is 0 Å². The van der Waals surface area contributed by atoms with Gasteiger partial charge >= 0.3 is 0 Å². The van der Waals surface area contributed by atoms with Crippen molar-refractivity contribution in [1.82, 2.24) is 5.32 Å². The highest BCUT2D eigenvalue weighted by Crippen LogP contribution is 2.40. The minimum Gasteiger partial charge on any atom is -0.350 e. The van der Waals surface area contributed by atoms with Gasteiger partial charge in [-0.3, -0.25) is 4.79 Å². The van der Waals surface area contributed by atoms with Crippen molar-refractivity contribution in [1.29, 1.82) is 0 Å². The molecule has 1 saturated carbocycles. The van der Waals surface area contributed by atoms with E-state index in [0.29, 0.717) is 18.4 Å². The molecule has 2 aliphatic rings. The number of carbonyl (C=O) groups excluding carboxylic acids is 1. The lowest BCUT2D eigenvalue weighted by atomic mass is 9.79. The number of alkyl halides is 2. The van der Waals surface area contributed by atoms with Crippen molar-refractivity contribution in [3.63, 3.8) is 0 Å². The highest BCUT2D eigenvalue weighted by molar-refractivity contribution is 6.58. The van der Waals surface area contributed by atoms with Gasteiger partial charge in [-0.05, 0) is 25.2 Å². The van der Waals surface area contributed by atoms with Gasteiger partial charge in [0.05, 0.1) is 0 Å². The van der Waals surface area contributed by atoms with Crippen LogP contribution in [0.1, 0.15) is 32.1 Å². The van der Waals surface area contributed by atoms with E-state index in [0.717, 1.165) is 12.8 Å². The van der Waals surface area contributed by atoms with Gasteiger partial charge in [-0.25, -0.2) is 0 Å². The minimum absolute atomic E-state index is 0.209. The zero-order valence-electron chi connectivity index (χ0n) is 7.35. The third kappa shape index (κ3) is 1.79. The first kappa shape index (κ1) is 9.60. The van der Waals surface area contributed by atoms with E-state index in [-0.39, 0.29) is 5.91 Å².